The molecular weight excluding hydrogens is 170 g/mol. The topological polar surface area (TPSA) is 46.2 Å². The Bertz CT molecular complexity index is 117. The average molecular weight is 191 g/mol. The van der Waals surface area contributed by atoms with Crippen LogP contribution in [0.5, 0.6) is 0 Å². The van der Waals surface area contributed by atoms with E-state index in [4.69, 9.17) is 5.73 Å². The van der Waals surface area contributed by atoms with Gasteiger partial charge < -0.3 is 10.8 Å². The van der Waals surface area contributed by atoms with Crippen LogP contribution in [0.15, 0.2) is 0 Å². The highest BCUT2D eigenvalue weighted by molar-refractivity contribution is 7.99. The third kappa shape index (κ3) is 5.86. The summed E-state index contributed by atoms with van der Waals surface area (Å²) in [7, 11) is 0. The van der Waals surface area contributed by atoms with E-state index in [1.807, 2.05) is 13.8 Å². The molecular formula is C9H21NOS. The summed E-state index contributed by atoms with van der Waals surface area (Å²) in [5.74, 6) is 2.42. The lowest BCUT2D eigenvalue weighted by Gasteiger charge is -2.21. The van der Waals surface area contributed by atoms with Crippen molar-refractivity contribution in [1.82, 2.24) is 0 Å². The first-order valence-corrected chi connectivity index (χ1v) is 5.67. The highest BCUT2D eigenvalue weighted by atomic mass is 32.2. The third-order valence-electron chi connectivity index (χ3n) is 1.98. The predicted molar refractivity (Wildman–Crippen MR) is 56.5 cm³/mol. The van der Waals surface area contributed by atoms with Gasteiger partial charge in [-0.05, 0) is 31.6 Å². The van der Waals surface area contributed by atoms with Crippen LogP contribution in [0.1, 0.15) is 27.2 Å². The maximum absolute atomic E-state index is 9.66. The monoisotopic (exact) mass is 191 g/mol. The number of hydrogen-bond donors (Lipinski definition) is 2. The molecule has 0 aliphatic carbocycles. The normalized spacial score (nSPS) is 18.8. The molecule has 0 aliphatic heterocycles. The van der Waals surface area contributed by atoms with E-state index >= 15 is 0 Å². The van der Waals surface area contributed by atoms with Crippen molar-refractivity contribution in [3.8, 4) is 0 Å². The van der Waals surface area contributed by atoms with Gasteiger partial charge in [0.2, 0.25) is 0 Å². The summed E-state index contributed by atoms with van der Waals surface area (Å²) in [4.78, 5) is 0. The van der Waals surface area contributed by atoms with Crippen molar-refractivity contribution < 1.29 is 5.11 Å². The largest absolute Gasteiger partial charge is 0.389 e. The summed E-state index contributed by atoms with van der Waals surface area (Å²) in [6, 6.07) is 0. The van der Waals surface area contributed by atoms with E-state index in [-0.39, 0.29) is 0 Å². The molecule has 3 heteroatoms. The van der Waals surface area contributed by atoms with Gasteiger partial charge in [0, 0.05) is 5.75 Å². The second kappa shape index (κ2) is 5.84. The zero-order chi connectivity index (χ0) is 9.61. The van der Waals surface area contributed by atoms with E-state index in [2.05, 4.69) is 6.92 Å². The summed E-state index contributed by atoms with van der Waals surface area (Å²) < 4.78 is 0. The van der Waals surface area contributed by atoms with Crippen LogP contribution in [-0.4, -0.2) is 28.8 Å². The Labute approximate surface area is 79.9 Å². The van der Waals surface area contributed by atoms with Crippen molar-refractivity contribution in [3.05, 3.63) is 0 Å². The van der Waals surface area contributed by atoms with Crippen LogP contribution in [0, 0.1) is 5.92 Å². The molecule has 2 atom stereocenters. The molecule has 0 fully saturated rings. The molecule has 2 nitrogen and oxygen atoms in total. The van der Waals surface area contributed by atoms with Gasteiger partial charge in [-0.15, -0.1) is 0 Å². The minimum atomic E-state index is -0.501. The smallest absolute Gasteiger partial charge is 0.0707 e. The Hall–Kier alpha value is 0.270. The first kappa shape index (κ1) is 12.3. The lowest BCUT2D eigenvalue weighted by molar-refractivity contribution is 0.0815. The second-order valence-electron chi connectivity index (χ2n) is 3.71. The molecule has 0 spiro atoms. The molecule has 12 heavy (non-hydrogen) atoms. The van der Waals surface area contributed by atoms with Crippen LogP contribution >= 0.6 is 11.8 Å². The Balaban J connectivity index is 3.42. The van der Waals surface area contributed by atoms with Gasteiger partial charge in [-0.3, -0.25) is 0 Å². The van der Waals surface area contributed by atoms with Crippen LogP contribution in [0.4, 0.5) is 0 Å². The second-order valence-corrected chi connectivity index (χ2v) is 4.74. The molecule has 0 bridgehead atoms. The average Bonchev–Trinajstić information content (AvgIpc) is 2.04. The zero-order valence-corrected chi connectivity index (χ0v) is 9.16. The molecule has 2 unspecified atom stereocenters. The van der Waals surface area contributed by atoms with E-state index in [0.29, 0.717) is 5.92 Å². The van der Waals surface area contributed by atoms with Crippen LogP contribution < -0.4 is 5.73 Å². The first-order valence-electron chi connectivity index (χ1n) is 4.52. The fraction of sp³-hybridized carbons (Fsp3) is 1.00. The van der Waals surface area contributed by atoms with Gasteiger partial charge in [0.05, 0.1) is 5.60 Å². The summed E-state index contributed by atoms with van der Waals surface area (Å²) in [5.41, 5.74) is 4.98. The van der Waals surface area contributed by atoms with Crippen LogP contribution in [-0.2, 0) is 0 Å². The minimum Gasteiger partial charge on any atom is -0.389 e. The Morgan fingerprint density at radius 2 is 2.17 bits per heavy atom. The van der Waals surface area contributed by atoms with Crippen molar-refractivity contribution in [3.63, 3.8) is 0 Å². The van der Waals surface area contributed by atoms with E-state index in [1.54, 1.807) is 11.8 Å². The Kier molecular flexibility index (Phi) is 5.97. The molecule has 0 heterocycles. The summed E-state index contributed by atoms with van der Waals surface area (Å²) in [5, 5.41) is 9.66. The molecule has 0 radical (unpaired) electrons. The quantitative estimate of drug-likeness (QED) is 0.668. The van der Waals surface area contributed by atoms with Gasteiger partial charge in [0.15, 0.2) is 0 Å². The SMILES string of the molecule is CCC(C)(O)CSCC(C)CN. The van der Waals surface area contributed by atoms with Crippen molar-refractivity contribution >= 4 is 11.8 Å². The van der Waals surface area contributed by atoms with Crippen molar-refractivity contribution in [2.24, 2.45) is 11.7 Å². The van der Waals surface area contributed by atoms with Gasteiger partial charge in [-0.1, -0.05) is 13.8 Å². The standard InChI is InChI=1S/C9H21NOS/c1-4-9(3,11)7-12-6-8(2)5-10/h8,11H,4-7,10H2,1-3H3. The molecule has 0 aromatic heterocycles. The van der Waals surface area contributed by atoms with Crippen molar-refractivity contribution in [2.75, 3.05) is 18.1 Å². The summed E-state index contributed by atoms with van der Waals surface area (Å²) in [6.07, 6.45) is 0.816. The van der Waals surface area contributed by atoms with Crippen LogP contribution in [0.2, 0.25) is 0 Å². The van der Waals surface area contributed by atoms with E-state index < -0.39 is 5.60 Å². The number of aliphatic hydroxyl groups is 1. The molecule has 0 aromatic rings. The van der Waals surface area contributed by atoms with Crippen molar-refractivity contribution in [1.29, 1.82) is 0 Å². The summed E-state index contributed by atoms with van der Waals surface area (Å²) in [6.45, 7) is 6.76. The Morgan fingerprint density at radius 1 is 1.58 bits per heavy atom. The highest BCUT2D eigenvalue weighted by Gasteiger charge is 2.17. The molecule has 0 aromatic carbocycles. The van der Waals surface area contributed by atoms with E-state index in [1.165, 1.54) is 0 Å². The molecule has 0 saturated heterocycles. The highest BCUT2D eigenvalue weighted by Crippen LogP contribution is 2.18. The maximum Gasteiger partial charge on any atom is 0.0707 e. The van der Waals surface area contributed by atoms with Gasteiger partial charge in [-0.2, -0.15) is 11.8 Å². The Morgan fingerprint density at radius 3 is 2.58 bits per heavy atom. The van der Waals surface area contributed by atoms with E-state index in [0.717, 1.165) is 24.5 Å². The van der Waals surface area contributed by atoms with E-state index in [9.17, 15) is 5.11 Å². The molecule has 0 saturated carbocycles. The lowest BCUT2D eigenvalue weighted by atomic mass is 10.1. The first-order chi connectivity index (χ1) is 5.52. The van der Waals surface area contributed by atoms with Gasteiger partial charge in [-0.25, -0.2) is 0 Å². The molecule has 74 valence electrons. The van der Waals surface area contributed by atoms with Gasteiger partial charge in [0.25, 0.3) is 0 Å². The van der Waals surface area contributed by atoms with Gasteiger partial charge in [0.1, 0.15) is 0 Å². The van der Waals surface area contributed by atoms with Crippen LogP contribution in [0.3, 0.4) is 0 Å². The maximum atomic E-state index is 9.66. The number of hydrogen-bond acceptors (Lipinski definition) is 3. The van der Waals surface area contributed by atoms with Crippen molar-refractivity contribution in [2.45, 2.75) is 32.8 Å². The molecule has 0 amide bonds. The number of rotatable bonds is 6. The summed E-state index contributed by atoms with van der Waals surface area (Å²) >= 11 is 1.79. The molecule has 3 N–H and O–H groups in total. The minimum absolute atomic E-state index is 0.501. The zero-order valence-electron chi connectivity index (χ0n) is 8.34. The van der Waals surface area contributed by atoms with Crippen LogP contribution in [0.25, 0.3) is 0 Å². The van der Waals surface area contributed by atoms with Gasteiger partial charge >= 0.3 is 0 Å². The third-order valence-corrected chi connectivity index (χ3v) is 3.61. The molecule has 0 rings (SSSR count). The number of thioether (sulfide) groups is 1. The predicted octanol–water partition coefficient (Wildman–Crippen LogP) is 1.48. The fourth-order valence-corrected chi connectivity index (χ4v) is 1.95. The molecule has 0 aliphatic rings. The fourth-order valence-electron chi connectivity index (χ4n) is 0.650. The lowest BCUT2D eigenvalue weighted by Crippen LogP contribution is -2.26. The number of nitrogens with two attached hydrogens (primary N) is 1.